The third-order valence-electron chi connectivity index (χ3n) is 5.25. The van der Waals surface area contributed by atoms with Crippen molar-refractivity contribution in [2.75, 3.05) is 7.11 Å². The number of Topliss-reactive ketones (excluding diaryl/α,β-unsaturated/α-hetero) is 1. The number of ether oxygens (including phenoxy) is 4. The van der Waals surface area contributed by atoms with Crippen LogP contribution in [0.15, 0.2) is 18.2 Å². The molecule has 7 nitrogen and oxygen atoms in total. The molecule has 0 unspecified atom stereocenters. The zero-order valence-corrected chi connectivity index (χ0v) is 20.5. The minimum absolute atomic E-state index is 0.00310. The first-order chi connectivity index (χ1) is 15.8. The van der Waals surface area contributed by atoms with E-state index in [1.165, 1.54) is 32.2 Å². The number of carbonyl (C=O) groups excluding carboxylic acids is 3. The van der Waals surface area contributed by atoms with Crippen LogP contribution in [0.4, 0.5) is 4.39 Å². The van der Waals surface area contributed by atoms with Crippen LogP contribution >= 0.6 is 0 Å². The number of esters is 2. The lowest BCUT2D eigenvalue weighted by Gasteiger charge is -2.24. The van der Waals surface area contributed by atoms with E-state index in [0.29, 0.717) is 0 Å². The van der Waals surface area contributed by atoms with E-state index in [1.54, 1.807) is 20.8 Å². The van der Waals surface area contributed by atoms with Crippen molar-refractivity contribution in [3.63, 3.8) is 0 Å². The van der Waals surface area contributed by atoms with Crippen molar-refractivity contribution in [1.29, 1.82) is 0 Å². The number of fused-ring (bicyclic) bond motifs is 2. The highest BCUT2D eigenvalue weighted by atomic mass is 19.1. The summed E-state index contributed by atoms with van der Waals surface area (Å²) in [7, 11) is 1.33. The van der Waals surface area contributed by atoms with Crippen molar-refractivity contribution in [1.82, 2.24) is 0 Å². The lowest BCUT2D eigenvalue weighted by molar-refractivity contribution is -0.143. The van der Waals surface area contributed by atoms with E-state index in [9.17, 15) is 14.4 Å². The van der Waals surface area contributed by atoms with Gasteiger partial charge in [-0.3, -0.25) is 9.59 Å². The van der Waals surface area contributed by atoms with Gasteiger partial charge in [-0.05, 0) is 57.4 Å². The molecule has 0 fully saturated rings. The Hall–Kier alpha value is -3.42. The number of hydrogen-bond acceptors (Lipinski definition) is 7. The molecule has 34 heavy (non-hydrogen) atoms. The average molecular weight is 473 g/mol. The van der Waals surface area contributed by atoms with Gasteiger partial charge >= 0.3 is 11.9 Å². The van der Waals surface area contributed by atoms with Crippen molar-refractivity contribution < 1.29 is 37.7 Å². The second-order valence-corrected chi connectivity index (χ2v) is 9.67. The molecule has 0 aliphatic carbocycles. The van der Waals surface area contributed by atoms with Gasteiger partial charge in [-0.2, -0.15) is 0 Å². The molecule has 0 saturated carbocycles. The Bertz CT molecular complexity index is 1160. The van der Waals surface area contributed by atoms with Gasteiger partial charge in [-0.1, -0.05) is 13.8 Å². The van der Waals surface area contributed by atoms with E-state index in [2.05, 4.69) is 0 Å². The number of aryl methyl sites for hydroxylation is 1. The molecule has 2 aromatic carbocycles. The number of rotatable bonds is 5. The van der Waals surface area contributed by atoms with Crippen LogP contribution < -0.4 is 14.2 Å². The summed E-state index contributed by atoms with van der Waals surface area (Å²) in [5, 5.41) is 0. The van der Waals surface area contributed by atoms with Gasteiger partial charge in [0.2, 0.25) is 0 Å². The first-order valence-electron chi connectivity index (χ1n) is 11.0. The van der Waals surface area contributed by atoms with Gasteiger partial charge in [0.15, 0.2) is 17.3 Å². The fourth-order valence-electron chi connectivity index (χ4n) is 3.46. The van der Waals surface area contributed by atoms with Gasteiger partial charge in [-0.15, -0.1) is 0 Å². The first-order valence-corrected chi connectivity index (χ1v) is 11.0. The van der Waals surface area contributed by atoms with Crippen molar-refractivity contribution in [2.45, 2.75) is 54.6 Å². The predicted molar refractivity (Wildman–Crippen MR) is 122 cm³/mol. The zero-order chi connectivity index (χ0) is 25.4. The Morgan fingerprint density at radius 1 is 1.21 bits per heavy atom. The first kappa shape index (κ1) is 25.2. The fourth-order valence-corrected chi connectivity index (χ4v) is 3.46. The Morgan fingerprint density at radius 2 is 1.88 bits per heavy atom. The van der Waals surface area contributed by atoms with Crippen LogP contribution in [0.3, 0.4) is 0 Å². The smallest absolute Gasteiger partial charge is 0.346 e. The van der Waals surface area contributed by atoms with E-state index < -0.39 is 29.8 Å². The Balaban J connectivity index is 2.19. The maximum Gasteiger partial charge on any atom is 0.346 e. The van der Waals surface area contributed by atoms with Gasteiger partial charge in [0.25, 0.3) is 0 Å². The van der Waals surface area contributed by atoms with Gasteiger partial charge in [0.1, 0.15) is 29.5 Å². The normalized spacial score (nSPS) is 13.1. The molecule has 0 amide bonds. The molecule has 1 heterocycles. The largest absolute Gasteiger partial charge is 0.495 e. The summed E-state index contributed by atoms with van der Waals surface area (Å²) in [5.74, 6) is -2.21. The van der Waals surface area contributed by atoms with Gasteiger partial charge < -0.3 is 18.9 Å². The zero-order valence-electron chi connectivity index (χ0n) is 20.5. The molecule has 1 aliphatic heterocycles. The van der Waals surface area contributed by atoms with Crippen molar-refractivity contribution in [2.24, 2.45) is 11.3 Å². The molecule has 3 rings (SSSR count). The number of cyclic esters (lactones) is 1. The summed E-state index contributed by atoms with van der Waals surface area (Å²) in [5.41, 5.74) is -0.573. The third kappa shape index (κ3) is 4.90. The molecule has 0 N–H and O–H groups in total. The highest BCUT2D eigenvalue weighted by Crippen LogP contribution is 2.44. The lowest BCUT2D eigenvalue weighted by Crippen LogP contribution is -2.26. The topological polar surface area (TPSA) is 88.1 Å². The van der Waals surface area contributed by atoms with Crippen LogP contribution in [0, 0.1) is 24.1 Å². The summed E-state index contributed by atoms with van der Waals surface area (Å²) in [6.07, 6.45) is 0.255. The summed E-state index contributed by atoms with van der Waals surface area (Å²) in [6, 6.07) is 4.27. The monoisotopic (exact) mass is 472 g/mol. The number of carbonyl (C=O) groups is 3. The van der Waals surface area contributed by atoms with E-state index in [-0.39, 0.29) is 63.4 Å². The second-order valence-electron chi connectivity index (χ2n) is 9.67. The Morgan fingerprint density at radius 3 is 2.47 bits per heavy atom. The van der Waals surface area contributed by atoms with E-state index in [0.717, 1.165) is 0 Å². The van der Waals surface area contributed by atoms with E-state index >= 15 is 4.39 Å². The molecule has 182 valence electrons. The molecular formula is C26H29FO7. The molecule has 0 bridgehead atoms. The minimum Gasteiger partial charge on any atom is -0.495 e. The van der Waals surface area contributed by atoms with Crippen LogP contribution in [0.2, 0.25) is 0 Å². The Labute approximate surface area is 198 Å². The molecule has 1 aliphatic rings. The second kappa shape index (κ2) is 9.44. The van der Waals surface area contributed by atoms with Gasteiger partial charge in [0, 0.05) is 6.42 Å². The van der Waals surface area contributed by atoms with E-state index in [4.69, 9.17) is 18.9 Å². The predicted octanol–water partition coefficient (Wildman–Crippen LogP) is 5.79. The third-order valence-corrected chi connectivity index (χ3v) is 5.25. The number of hydrogen-bond donors (Lipinski definition) is 0. The summed E-state index contributed by atoms with van der Waals surface area (Å²) >= 11 is 0. The van der Waals surface area contributed by atoms with Gasteiger partial charge in [0.05, 0.1) is 23.7 Å². The summed E-state index contributed by atoms with van der Waals surface area (Å²) in [6.45, 7) is 9.92. The minimum atomic E-state index is -0.828. The van der Waals surface area contributed by atoms with Crippen LogP contribution in [0.5, 0.6) is 23.0 Å². The molecule has 0 spiro atoms. The lowest BCUT2D eigenvalue weighted by atomic mass is 9.97. The fraction of sp³-hybridized carbons (Fsp3) is 0.423. The molecule has 0 aromatic heterocycles. The van der Waals surface area contributed by atoms with Crippen molar-refractivity contribution in [3.8, 4) is 23.0 Å². The standard InChI is InChI=1S/C26H29FO7/c1-13(2)10-17(28)15-8-9-18-20(23(15)31-7)24(29)32-12-16-21(27)14(3)11-19(22(16)33-18)34-25(30)26(4,5)6/h8-9,11,13H,10,12H2,1-7H3. The molecule has 0 saturated heterocycles. The molecule has 8 heteroatoms. The molecule has 0 atom stereocenters. The van der Waals surface area contributed by atoms with Crippen LogP contribution in [-0.2, 0) is 16.1 Å². The summed E-state index contributed by atoms with van der Waals surface area (Å²) < 4.78 is 37.3. The Kier molecular flexibility index (Phi) is 7.00. The van der Waals surface area contributed by atoms with Crippen molar-refractivity contribution in [3.05, 3.63) is 46.3 Å². The SMILES string of the molecule is COc1c(C(=O)CC(C)C)ccc2c1C(=O)OCc1c(F)c(C)cc(OC(=O)C(C)(C)C)c1O2. The number of benzene rings is 2. The van der Waals surface area contributed by atoms with Crippen LogP contribution in [-0.4, -0.2) is 24.8 Å². The number of halogens is 1. The molecular weight excluding hydrogens is 443 g/mol. The van der Waals surface area contributed by atoms with Gasteiger partial charge in [-0.25, -0.2) is 9.18 Å². The molecule has 2 aromatic rings. The van der Waals surface area contributed by atoms with Crippen molar-refractivity contribution >= 4 is 17.7 Å². The molecule has 0 radical (unpaired) electrons. The summed E-state index contributed by atoms with van der Waals surface area (Å²) in [4.78, 5) is 38.2. The maximum absolute atomic E-state index is 15.0. The van der Waals surface area contributed by atoms with Crippen LogP contribution in [0.25, 0.3) is 0 Å². The average Bonchev–Trinajstić information content (AvgIpc) is 2.73. The maximum atomic E-state index is 15.0. The quantitative estimate of drug-likeness (QED) is 0.309. The highest BCUT2D eigenvalue weighted by Gasteiger charge is 2.33. The highest BCUT2D eigenvalue weighted by molar-refractivity contribution is 6.05. The number of methoxy groups -OCH3 is 1. The number of ketones is 1. The van der Waals surface area contributed by atoms with E-state index in [1.807, 2.05) is 13.8 Å². The van der Waals surface area contributed by atoms with Crippen LogP contribution in [0.1, 0.15) is 72.9 Å².